The smallest absolute Gasteiger partial charge is 0.451 e. The van der Waals surface area contributed by atoms with Crippen LogP contribution in [0, 0.1) is 0 Å². The number of hydrogen-bond acceptors (Lipinski definition) is 5. The summed E-state index contributed by atoms with van der Waals surface area (Å²) < 4.78 is 41.8. The number of rotatable bonds is 4. The Morgan fingerprint density at radius 3 is 2.61 bits per heavy atom. The number of benzene rings is 1. The molecule has 1 atom stereocenters. The van der Waals surface area contributed by atoms with Crippen LogP contribution in [-0.2, 0) is 6.18 Å². The van der Waals surface area contributed by atoms with Crippen molar-refractivity contribution in [2.24, 2.45) is 0 Å². The van der Waals surface area contributed by atoms with Gasteiger partial charge in [-0.05, 0) is 36.5 Å². The number of alkyl halides is 3. The molecule has 1 fully saturated rings. The van der Waals surface area contributed by atoms with Crippen LogP contribution >= 0.6 is 0 Å². The zero-order chi connectivity index (χ0) is 16.6. The van der Waals surface area contributed by atoms with Crippen molar-refractivity contribution in [1.29, 1.82) is 0 Å². The summed E-state index contributed by atoms with van der Waals surface area (Å²) in [4.78, 5) is 3.42. The fraction of sp³-hybridized carbons (Fsp3) is 0.400. The molecule has 23 heavy (non-hydrogen) atoms. The van der Waals surface area contributed by atoms with E-state index in [4.69, 9.17) is 0 Å². The summed E-state index contributed by atoms with van der Waals surface area (Å²) in [5, 5.41) is 22.3. The fourth-order valence-corrected chi connectivity index (χ4v) is 2.45. The number of nitrogens with one attached hydrogen (secondary N) is 1. The highest BCUT2D eigenvalue weighted by atomic mass is 19.4. The molecular weight excluding hydrogens is 313 g/mol. The molecule has 2 aromatic rings. The van der Waals surface area contributed by atoms with Crippen LogP contribution in [0.3, 0.4) is 0 Å². The van der Waals surface area contributed by atoms with E-state index in [2.05, 4.69) is 14.7 Å². The maximum Gasteiger partial charge on any atom is 0.451 e. The van der Waals surface area contributed by atoms with E-state index in [9.17, 15) is 23.4 Å². The Hall–Kier alpha value is -2.22. The first-order valence-electron chi connectivity index (χ1n) is 7.15. The van der Waals surface area contributed by atoms with Crippen molar-refractivity contribution >= 4 is 6.01 Å². The molecule has 0 spiro atoms. The maximum atomic E-state index is 12.4. The van der Waals surface area contributed by atoms with Gasteiger partial charge in [0.2, 0.25) is 5.76 Å². The Morgan fingerprint density at radius 2 is 2.04 bits per heavy atom. The predicted molar refractivity (Wildman–Crippen MR) is 74.8 cm³/mol. The standard InChI is InChI=1S/C15H15F3N2O3/c16-15(17,18)12-7-19-14(23-12)20-13(22)10-6-9(4-5-11(10)21)8-2-1-3-8/h4-8,13,21-22H,1-3H2,(H,19,20). The Bertz CT molecular complexity index is 696. The number of aromatic hydroxyl groups is 1. The largest absolute Gasteiger partial charge is 0.507 e. The molecule has 3 N–H and O–H groups in total. The molecule has 0 bridgehead atoms. The summed E-state index contributed by atoms with van der Waals surface area (Å²) >= 11 is 0. The molecular formula is C15H15F3N2O3. The lowest BCUT2D eigenvalue weighted by atomic mass is 9.79. The summed E-state index contributed by atoms with van der Waals surface area (Å²) in [6.07, 6.45) is -2.33. The third kappa shape index (κ3) is 3.26. The lowest BCUT2D eigenvalue weighted by Crippen LogP contribution is -2.13. The molecule has 1 saturated carbocycles. The molecule has 1 unspecified atom stereocenters. The molecule has 1 heterocycles. The van der Waals surface area contributed by atoms with Crippen molar-refractivity contribution in [1.82, 2.24) is 4.98 Å². The highest BCUT2D eigenvalue weighted by Gasteiger charge is 2.36. The van der Waals surface area contributed by atoms with Gasteiger partial charge in [0, 0.05) is 5.56 Å². The zero-order valence-electron chi connectivity index (χ0n) is 12.0. The highest BCUT2D eigenvalue weighted by molar-refractivity contribution is 5.42. The minimum atomic E-state index is -4.65. The molecule has 124 valence electrons. The normalized spacial score (nSPS) is 16.9. The third-order valence-corrected chi connectivity index (χ3v) is 3.97. The Morgan fingerprint density at radius 1 is 1.30 bits per heavy atom. The van der Waals surface area contributed by atoms with Crippen LogP contribution in [0.4, 0.5) is 19.2 Å². The van der Waals surface area contributed by atoms with E-state index in [-0.39, 0.29) is 11.3 Å². The average molecular weight is 328 g/mol. The van der Waals surface area contributed by atoms with E-state index >= 15 is 0 Å². The van der Waals surface area contributed by atoms with Gasteiger partial charge in [-0.25, -0.2) is 4.98 Å². The monoisotopic (exact) mass is 328 g/mol. The quantitative estimate of drug-likeness (QED) is 0.745. The van der Waals surface area contributed by atoms with Gasteiger partial charge in [0.05, 0.1) is 6.20 Å². The fourth-order valence-electron chi connectivity index (χ4n) is 2.45. The molecule has 5 nitrogen and oxygen atoms in total. The molecule has 1 aromatic heterocycles. The van der Waals surface area contributed by atoms with Gasteiger partial charge < -0.3 is 19.9 Å². The Kier molecular flexibility index (Phi) is 3.93. The molecule has 1 aliphatic rings. The zero-order valence-corrected chi connectivity index (χ0v) is 12.0. The van der Waals surface area contributed by atoms with Crippen molar-refractivity contribution in [2.45, 2.75) is 37.6 Å². The van der Waals surface area contributed by atoms with Gasteiger partial charge in [0.15, 0.2) is 6.23 Å². The lowest BCUT2D eigenvalue weighted by molar-refractivity contribution is -0.152. The second-order valence-electron chi connectivity index (χ2n) is 5.52. The number of aliphatic hydroxyl groups excluding tert-OH is 1. The first-order valence-corrected chi connectivity index (χ1v) is 7.15. The Balaban J connectivity index is 1.77. The SMILES string of the molecule is Oc1ccc(C2CCC2)cc1C(O)Nc1ncc(C(F)(F)F)o1. The second-order valence-corrected chi connectivity index (χ2v) is 5.52. The van der Waals surface area contributed by atoms with Crippen LogP contribution in [0.15, 0.2) is 28.8 Å². The number of aliphatic hydroxyl groups is 1. The number of aromatic nitrogens is 1. The molecule has 8 heteroatoms. The third-order valence-electron chi connectivity index (χ3n) is 3.97. The van der Waals surface area contributed by atoms with Gasteiger partial charge in [-0.1, -0.05) is 12.5 Å². The molecule has 3 rings (SSSR count). The minimum Gasteiger partial charge on any atom is -0.507 e. The van der Waals surface area contributed by atoms with E-state index in [1.165, 1.54) is 6.07 Å². The van der Waals surface area contributed by atoms with Crippen LogP contribution in [0.1, 0.15) is 48.3 Å². The van der Waals surface area contributed by atoms with Crippen LogP contribution < -0.4 is 5.32 Å². The van der Waals surface area contributed by atoms with Gasteiger partial charge in [0.25, 0.3) is 6.01 Å². The van der Waals surface area contributed by atoms with Crippen molar-refractivity contribution in [3.8, 4) is 5.75 Å². The highest BCUT2D eigenvalue weighted by Crippen LogP contribution is 2.39. The average Bonchev–Trinajstić information content (AvgIpc) is 2.87. The van der Waals surface area contributed by atoms with Gasteiger partial charge >= 0.3 is 6.18 Å². The predicted octanol–water partition coefficient (Wildman–Crippen LogP) is 3.77. The Labute approximate surface area is 129 Å². The van der Waals surface area contributed by atoms with Crippen LogP contribution in [0.5, 0.6) is 5.75 Å². The molecule has 0 aliphatic heterocycles. The van der Waals surface area contributed by atoms with Crippen molar-refractivity contribution in [3.05, 3.63) is 41.3 Å². The van der Waals surface area contributed by atoms with Gasteiger partial charge in [-0.15, -0.1) is 0 Å². The van der Waals surface area contributed by atoms with Crippen molar-refractivity contribution in [2.75, 3.05) is 5.32 Å². The number of halogens is 3. The minimum absolute atomic E-state index is 0.157. The van der Waals surface area contributed by atoms with Crippen LogP contribution in [0.2, 0.25) is 0 Å². The van der Waals surface area contributed by atoms with E-state index < -0.39 is 24.2 Å². The van der Waals surface area contributed by atoms with Gasteiger partial charge in [0.1, 0.15) is 5.75 Å². The molecule has 0 amide bonds. The summed E-state index contributed by atoms with van der Waals surface area (Å²) in [5.41, 5.74) is 1.15. The topological polar surface area (TPSA) is 78.5 Å². The number of nitrogens with zero attached hydrogens (tertiary/aromatic N) is 1. The van der Waals surface area contributed by atoms with Crippen LogP contribution in [-0.4, -0.2) is 15.2 Å². The summed E-state index contributed by atoms with van der Waals surface area (Å²) in [6.45, 7) is 0. The molecule has 0 radical (unpaired) electrons. The maximum absolute atomic E-state index is 12.4. The van der Waals surface area contributed by atoms with Gasteiger partial charge in [-0.3, -0.25) is 0 Å². The van der Waals surface area contributed by atoms with Crippen LogP contribution in [0.25, 0.3) is 0 Å². The van der Waals surface area contributed by atoms with E-state index in [0.717, 1.165) is 24.8 Å². The summed E-state index contributed by atoms with van der Waals surface area (Å²) in [7, 11) is 0. The number of phenolic OH excluding ortho intramolecular Hbond substituents is 1. The van der Waals surface area contributed by atoms with Crippen molar-refractivity contribution < 1.29 is 27.8 Å². The molecule has 1 aromatic carbocycles. The van der Waals surface area contributed by atoms with E-state index in [0.29, 0.717) is 12.1 Å². The number of oxazole rings is 1. The van der Waals surface area contributed by atoms with Crippen molar-refractivity contribution in [3.63, 3.8) is 0 Å². The first kappa shape index (κ1) is 15.7. The number of phenols is 1. The second kappa shape index (κ2) is 5.77. The lowest BCUT2D eigenvalue weighted by Gasteiger charge is -2.26. The van der Waals surface area contributed by atoms with Gasteiger partial charge in [-0.2, -0.15) is 13.2 Å². The van der Waals surface area contributed by atoms with E-state index in [1.54, 1.807) is 12.1 Å². The first-order chi connectivity index (χ1) is 10.8. The molecule has 1 aliphatic carbocycles. The summed E-state index contributed by atoms with van der Waals surface area (Å²) in [6, 6.07) is 4.41. The number of hydrogen-bond donors (Lipinski definition) is 3. The molecule has 0 saturated heterocycles. The summed E-state index contributed by atoms with van der Waals surface area (Å²) in [5.74, 6) is -1.03. The number of anilines is 1. The van der Waals surface area contributed by atoms with E-state index in [1.807, 2.05) is 0 Å².